The van der Waals surface area contributed by atoms with Crippen LogP contribution in [-0.4, -0.2) is 0 Å². The van der Waals surface area contributed by atoms with Crippen LogP contribution in [0.15, 0.2) is 12.2 Å². The summed E-state index contributed by atoms with van der Waals surface area (Å²) in [7, 11) is 0. The third-order valence-electron chi connectivity index (χ3n) is 3.41. The van der Waals surface area contributed by atoms with Crippen molar-refractivity contribution in [3.63, 3.8) is 0 Å². The quantitative estimate of drug-likeness (QED) is 0.449. The first kappa shape index (κ1) is 6.45. The summed E-state index contributed by atoms with van der Waals surface area (Å²) in [5.74, 6) is 2.76. The molecule has 0 heteroatoms. The van der Waals surface area contributed by atoms with E-state index in [0.717, 1.165) is 17.8 Å². The summed E-state index contributed by atoms with van der Waals surface area (Å²) in [6.07, 6.45) is 6.24. The van der Waals surface area contributed by atoms with Crippen LogP contribution in [-0.2, 0) is 0 Å². The number of hydrogen-bond acceptors (Lipinski definition) is 0. The van der Waals surface area contributed by atoms with Crippen LogP contribution in [0.2, 0.25) is 0 Å². The van der Waals surface area contributed by atoms with Crippen LogP contribution in [0.4, 0.5) is 0 Å². The summed E-state index contributed by atoms with van der Waals surface area (Å²) in [6, 6.07) is 0. The minimum absolute atomic E-state index is 0.640. The zero-order valence-corrected chi connectivity index (χ0v) is 7.09. The molecule has 0 spiro atoms. The maximum absolute atomic E-state index is 2.43. The van der Waals surface area contributed by atoms with Crippen molar-refractivity contribution in [2.45, 2.75) is 27.2 Å². The smallest absolute Gasteiger partial charge is 0.0145 e. The monoisotopic (exact) mass is 136 g/mol. The lowest BCUT2D eigenvalue weighted by molar-refractivity contribution is 0.487. The van der Waals surface area contributed by atoms with Crippen molar-refractivity contribution in [3.05, 3.63) is 12.2 Å². The summed E-state index contributed by atoms with van der Waals surface area (Å²) in [5.41, 5.74) is 0.640. The third-order valence-corrected chi connectivity index (χ3v) is 3.41. The van der Waals surface area contributed by atoms with Gasteiger partial charge in [0.1, 0.15) is 0 Å². The Kier molecular flexibility index (Phi) is 1.07. The van der Waals surface area contributed by atoms with E-state index in [1.807, 2.05) is 0 Å². The lowest BCUT2D eigenvalue weighted by atomic mass is 9.97. The van der Waals surface area contributed by atoms with E-state index in [2.05, 4.69) is 32.9 Å². The molecule has 2 aliphatic rings. The molecular weight excluding hydrogens is 120 g/mol. The number of allylic oxidation sites excluding steroid dienone is 2. The lowest BCUT2D eigenvalue weighted by Crippen LogP contribution is -1.97. The van der Waals surface area contributed by atoms with Crippen molar-refractivity contribution in [2.24, 2.45) is 23.2 Å². The average molecular weight is 136 g/mol. The predicted molar refractivity (Wildman–Crippen MR) is 43.7 cm³/mol. The molecule has 0 amide bonds. The maximum atomic E-state index is 2.43. The van der Waals surface area contributed by atoms with Crippen LogP contribution >= 0.6 is 0 Å². The van der Waals surface area contributed by atoms with Gasteiger partial charge in [-0.15, -0.1) is 0 Å². The van der Waals surface area contributed by atoms with Crippen LogP contribution < -0.4 is 0 Å². The molecule has 0 radical (unpaired) electrons. The molecule has 0 aromatic carbocycles. The van der Waals surface area contributed by atoms with Crippen molar-refractivity contribution in [1.82, 2.24) is 0 Å². The molecule has 0 nitrogen and oxygen atoms in total. The van der Waals surface area contributed by atoms with Crippen LogP contribution in [0.25, 0.3) is 0 Å². The van der Waals surface area contributed by atoms with Gasteiger partial charge in [-0.1, -0.05) is 32.9 Å². The SMILES string of the molecule is C[C@H]1C=C[C@@H]2[C@H](C1)C2(C)C. The second-order valence-electron chi connectivity index (χ2n) is 4.55. The molecule has 1 fully saturated rings. The highest BCUT2D eigenvalue weighted by Crippen LogP contribution is 2.63. The van der Waals surface area contributed by atoms with Gasteiger partial charge in [0.2, 0.25) is 0 Å². The fourth-order valence-electron chi connectivity index (χ4n) is 2.41. The van der Waals surface area contributed by atoms with Crippen molar-refractivity contribution in [1.29, 1.82) is 0 Å². The van der Waals surface area contributed by atoms with Crippen LogP contribution in [0.5, 0.6) is 0 Å². The fraction of sp³-hybridized carbons (Fsp3) is 0.800. The minimum atomic E-state index is 0.640. The van der Waals surface area contributed by atoms with Crippen molar-refractivity contribution in [3.8, 4) is 0 Å². The van der Waals surface area contributed by atoms with E-state index in [1.165, 1.54) is 6.42 Å². The minimum Gasteiger partial charge on any atom is -0.0854 e. The average Bonchev–Trinajstić information content (AvgIpc) is 2.36. The van der Waals surface area contributed by atoms with Crippen molar-refractivity contribution < 1.29 is 0 Å². The molecule has 0 aromatic heterocycles. The number of fused-ring (bicyclic) bond motifs is 1. The Labute approximate surface area is 63.3 Å². The van der Waals surface area contributed by atoms with Crippen LogP contribution in [0, 0.1) is 23.2 Å². The topological polar surface area (TPSA) is 0 Å². The number of hydrogen-bond donors (Lipinski definition) is 0. The van der Waals surface area contributed by atoms with Gasteiger partial charge in [-0.25, -0.2) is 0 Å². The molecule has 0 bridgehead atoms. The van der Waals surface area contributed by atoms with Gasteiger partial charge < -0.3 is 0 Å². The van der Waals surface area contributed by atoms with E-state index < -0.39 is 0 Å². The Morgan fingerprint density at radius 3 is 2.50 bits per heavy atom. The van der Waals surface area contributed by atoms with Gasteiger partial charge in [0.25, 0.3) is 0 Å². The zero-order valence-electron chi connectivity index (χ0n) is 7.09. The molecule has 2 rings (SSSR count). The molecule has 0 aliphatic heterocycles. The fourth-order valence-corrected chi connectivity index (χ4v) is 2.41. The van der Waals surface area contributed by atoms with Gasteiger partial charge in [-0.2, -0.15) is 0 Å². The van der Waals surface area contributed by atoms with Crippen LogP contribution in [0.1, 0.15) is 27.2 Å². The molecular formula is C10H16. The van der Waals surface area contributed by atoms with Crippen molar-refractivity contribution >= 4 is 0 Å². The number of rotatable bonds is 0. The summed E-state index contributed by atoms with van der Waals surface area (Å²) < 4.78 is 0. The highest BCUT2D eigenvalue weighted by Gasteiger charge is 2.56. The van der Waals surface area contributed by atoms with E-state index in [1.54, 1.807) is 0 Å². The molecule has 3 atom stereocenters. The summed E-state index contributed by atoms with van der Waals surface area (Å²) in [6.45, 7) is 7.11. The molecule has 2 aliphatic carbocycles. The van der Waals surface area contributed by atoms with E-state index in [0.29, 0.717) is 5.41 Å². The summed E-state index contributed by atoms with van der Waals surface area (Å²) >= 11 is 0. The first-order chi connectivity index (χ1) is 4.62. The molecule has 0 N–H and O–H groups in total. The largest absolute Gasteiger partial charge is 0.0854 e. The van der Waals surface area contributed by atoms with Crippen molar-refractivity contribution in [2.75, 3.05) is 0 Å². The van der Waals surface area contributed by atoms with Gasteiger partial charge in [0.15, 0.2) is 0 Å². The van der Waals surface area contributed by atoms with E-state index in [-0.39, 0.29) is 0 Å². The molecule has 10 heavy (non-hydrogen) atoms. The van der Waals surface area contributed by atoms with E-state index in [9.17, 15) is 0 Å². The molecule has 1 saturated carbocycles. The van der Waals surface area contributed by atoms with E-state index >= 15 is 0 Å². The summed E-state index contributed by atoms with van der Waals surface area (Å²) in [4.78, 5) is 0. The first-order valence-electron chi connectivity index (χ1n) is 4.30. The Hall–Kier alpha value is -0.260. The lowest BCUT2D eigenvalue weighted by Gasteiger charge is -2.08. The summed E-state index contributed by atoms with van der Waals surface area (Å²) in [5, 5.41) is 0. The highest BCUT2D eigenvalue weighted by molar-refractivity contribution is 5.18. The highest BCUT2D eigenvalue weighted by atomic mass is 14.6. The standard InChI is InChI=1S/C10H16/c1-7-4-5-8-9(6-7)10(8,2)3/h4-5,7-9H,6H2,1-3H3/t7-,8+,9-/m0/s1. The molecule has 56 valence electrons. The maximum Gasteiger partial charge on any atom is -0.0145 e. The normalized spacial score (nSPS) is 48.5. The third kappa shape index (κ3) is 0.680. The van der Waals surface area contributed by atoms with Gasteiger partial charge in [0.05, 0.1) is 0 Å². The van der Waals surface area contributed by atoms with Gasteiger partial charge in [0, 0.05) is 0 Å². The van der Waals surface area contributed by atoms with Gasteiger partial charge in [-0.3, -0.25) is 0 Å². The van der Waals surface area contributed by atoms with Crippen LogP contribution in [0.3, 0.4) is 0 Å². The second kappa shape index (κ2) is 1.66. The zero-order chi connectivity index (χ0) is 7.35. The Bertz CT molecular complexity index is 176. The predicted octanol–water partition coefficient (Wildman–Crippen LogP) is 2.85. The Balaban J connectivity index is 2.16. The molecule has 0 aromatic rings. The van der Waals surface area contributed by atoms with Gasteiger partial charge in [-0.05, 0) is 29.6 Å². The molecule has 0 heterocycles. The first-order valence-corrected chi connectivity index (χ1v) is 4.30. The molecule has 0 saturated heterocycles. The Morgan fingerprint density at radius 2 is 2.00 bits per heavy atom. The second-order valence-corrected chi connectivity index (χ2v) is 4.55. The van der Waals surface area contributed by atoms with E-state index in [4.69, 9.17) is 0 Å². The molecule has 0 unspecified atom stereocenters. The Morgan fingerprint density at radius 1 is 1.30 bits per heavy atom. The van der Waals surface area contributed by atoms with Gasteiger partial charge >= 0.3 is 0 Å².